The van der Waals surface area contributed by atoms with Gasteiger partial charge in [-0.15, -0.1) is 11.3 Å². The quantitative estimate of drug-likeness (QED) is 0.919. The third-order valence-corrected chi connectivity index (χ3v) is 5.04. The highest BCUT2D eigenvalue weighted by molar-refractivity contribution is 7.09. The number of aliphatic hydroxyl groups is 1. The van der Waals surface area contributed by atoms with Gasteiger partial charge in [0.25, 0.3) is 0 Å². The van der Waals surface area contributed by atoms with E-state index >= 15 is 0 Å². The SMILES string of the molecule is CC(Cc1cccs1)C(=O)N1CCC(C(O)C(F)(F)F)CC1. The molecular formula is C15H20F3NO2S. The Kier molecular flexibility index (Phi) is 5.50. The third-order valence-electron chi connectivity index (χ3n) is 4.14. The lowest BCUT2D eigenvalue weighted by molar-refractivity contribution is -0.223. The van der Waals surface area contributed by atoms with Gasteiger partial charge in [0.2, 0.25) is 5.91 Å². The van der Waals surface area contributed by atoms with E-state index in [1.165, 1.54) is 0 Å². The number of alkyl halides is 3. The molecule has 2 unspecified atom stereocenters. The highest BCUT2D eigenvalue weighted by atomic mass is 32.1. The van der Waals surface area contributed by atoms with Gasteiger partial charge in [-0.2, -0.15) is 13.2 Å². The molecule has 1 amide bonds. The summed E-state index contributed by atoms with van der Waals surface area (Å²) in [6.45, 7) is 2.41. The van der Waals surface area contributed by atoms with E-state index in [-0.39, 0.29) is 37.8 Å². The smallest absolute Gasteiger partial charge is 0.383 e. The monoisotopic (exact) mass is 335 g/mol. The molecule has 124 valence electrons. The maximum Gasteiger partial charge on any atom is 0.414 e. The number of carbonyl (C=O) groups excluding carboxylic acids is 1. The molecule has 0 saturated carbocycles. The molecule has 7 heteroatoms. The van der Waals surface area contributed by atoms with E-state index in [9.17, 15) is 23.1 Å². The van der Waals surface area contributed by atoms with E-state index in [2.05, 4.69) is 0 Å². The van der Waals surface area contributed by atoms with Crippen molar-refractivity contribution in [1.82, 2.24) is 4.90 Å². The van der Waals surface area contributed by atoms with Crippen LogP contribution in [-0.4, -0.2) is 41.3 Å². The summed E-state index contributed by atoms with van der Waals surface area (Å²) in [4.78, 5) is 15.1. The van der Waals surface area contributed by atoms with Gasteiger partial charge in [0.15, 0.2) is 6.10 Å². The summed E-state index contributed by atoms with van der Waals surface area (Å²) >= 11 is 1.59. The summed E-state index contributed by atoms with van der Waals surface area (Å²) in [5, 5.41) is 11.2. The fraction of sp³-hybridized carbons (Fsp3) is 0.667. The molecule has 0 aliphatic carbocycles. The number of rotatable bonds is 4. The van der Waals surface area contributed by atoms with Gasteiger partial charge in [-0.05, 0) is 36.6 Å². The van der Waals surface area contributed by atoms with Crippen molar-refractivity contribution >= 4 is 17.2 Å². The summed E-state index contributed by atoms with van der Waals surface area (Å²) < 4.78 is 37.5. The van der Waals surface area contributed by atoms with Crippen molar-refractivity contribution in [3.8, 4) is 0 Å². The van der Waals surface area contributed by atoms with Crippen LogP contribution in [-0.2, 0) is 11.2 Å². The number of amides is 1. The van der Waals surface area contributed by atoms with Crippen molar-refractivity contribution < 1.29 is 23.1 Å². The molecule has 1 aromatic heterocycles. The van der Waals surface area contributed by atoms with Gasteiger partial charge >= 0.3 is 6.18 Å². The first-order valence-electron chi connectivity index (χ1n) is 7.35. The van der Waals surface area contributed by atoms with Gasteiger partial charge in [-0.25, -0.2) is 0 Å². The van der Waals surface area contributed by atoms with Crippen molar-refractivity contribution in [3.05, 3.63) is 22.4 Å². The molecule has 2 heterocycles. The van der Waals surface area contributed by atoms with Crippen LogP contribution < -0.4 is 0 Å². The maximum absolute atomic E-state index is 12.5. The zero-order valence-electron chi connectivity index (χ0n) is 12.3. The van der Waals surface area contributed by atoms with Crippen LogP contribution in [0.4, 0.5) is 13.2 Å². The van der Waals surface area contributed by atoms with Crippen molar-refractivity contribution in [2.24, 2.45) is 11.8 Å². The molecule has 2 rings (SSSR count). The first kappa shape index (κ1) is 17.3. The lowest BCUT2D eigenvalue weighted by atomic mass is 9.90. The van der Waals surface area contributed by atoms with Crippen LogP contribution in [0.1, 0.15) is 24.6 Å². The first-order chi connectivity index (χ1) is 10.3. The van der Waals surface area contributed by atoms with E-state index < -0.39 is 18.2 Å². The van der Waals surface area contributed by atoms with E-state index in [1.54, 1.807) is 16.2 Å². The Morgan fingerprint density at radius 1 is 1.45 bits per heavy atom. The fourth-order valence-electron chi connectivity index (χ4n) is 2.83. The van der Waals surface area contributed by atoms with Gasteiger partial charge in [0, 0.05) is 23.9 Å². The largest absolute Gasteiger partial charge is 0.414 e. The summed E-state index contributed by atoms with van der Waals surface area (Å²) in [5.41, 5.74) is 0. The van der Waals surface area contributed by atoms with Gasteiger partial charge in [0.1, 0.15) is 0 Å². The normalized spacial score (nSPS) is 20.0. The molecular weight excluding hydrogens is 315 g/mol. The highest BCUT2D eigenvalue weighted by Gasteiger charge is 2.44. The Morgan fingerprint density at radius 3 is 2.59 bits per heavy atom. The fourth-order valence-corrected chi connectivity index (χ4v) is 3.67. The zero-order chi connectivity index (χ0) is 16.3. The number of carbonyl (C=O) groups is 1. The standard InChI is InChI=1S/C15H20F3NO2S/c1-10(9-12-3-2-8-22-12)14(21)19-6-4-11(5-7-19)13(20)15(16,17)18/h2-3,8,10-11,13,20H,4-7,9H2,1H3. The Balaban J connectivity index is 1.84. The molecule has 0 radical (unpaired) electrons. The highest BCUT2D eigenvalue weighted by Crippen LogP contribution is 2.32. The molecule has 1 saturated heterocycles. The molecule has 22 heavy (non-hydrogen) atoms. The lowest BCUT2D eigenvalue weighted by Crippen LogP contribution is -2.46. The van der Waals surface area contributed by atoms with E-state index in [0.717, 1.165) is 4.88 Å². The third kappa shape index (κ3) is 4.23. The minimum absolute atomic E-state index is 0.0200. The number of nitrogens with zero attached hydrogens (tertiary/aromatic N) is 1. The second kappa shape index (κ2) is 7.00. The number of aliphatic hydroxyl groups excluding tert-OH is 1. The summed E-state index contributed by atoms with van der Waals surface area (Å²) in [5.74, 6) is -1.01. The van der Waals surface area contributed by atoms with Crippen LogP contribution in [0.25, 0.3) is 0 Å². The maximum atomic E-state index is 12.5. The number of hydrogen-bond donors (Lipinski definition) is 1. The van der Waals surface area contributed by atoms with Crippen LogP contribution in [0.3, 0.4) is 0 Å². The molecule has 2 atom stereocenters. The molecule has 0 aromatic carbocycles. The molecule has 1 aliphatic rings. The Hall–Kier alpha value is -1.08. The van der Waals surface area contributed by atoms with Gasteiger partial charge < -0.3 is 10.0 Å². The first-order valence-corrected chi connectivity index (χ1v) is 8.23. The van der Waals surface area contributed by atoms with Crippen molar-refractivity contribution in [1.29, 1.82) is 0 Å². The van der Waals surface area contributed by atoms with Crippen molar-refractivity contribution in [2.45, 2.75) is 38.5 Å². The summed E-state index contributed by atoms with van der Waals surface area (Å²) in [6, 6.07) is 3.90. The Labute approximate surface area is 131 Å². The van der Waals surface area contributed by atoms with Crippen LogP contribution in [0, 0.1) is 11.8 Å². The van der Waals surface area contributed by atoms with Crippen molar-refractivity contribution in [2.75, 3.05) is 13.1 Å². The van der Waals surface area contributed by atoms with Crippen LogP contribution in [0.5, 0.6) is 0 Å². The predicted molar refractivity (Wildman–Crippen MR) is 78.6 cm³/mol. The molecule has 0 bridgehead atoms. The van der Waals surface area contributed by atoms with Gasteiger partial charge in [-0.3, -0.25) is 4.79 Å². The van der Waals surface area contributed by atoms with E-state index in [0.29, 0.717) is 6.42 Å². The van der Waals surface area contributed by atoms with E-state index in [1.807, 2.05) is 24.4 Å². The average molecular weight is 335 g/mol. The number of halogens is 3. The summed E-state index contributed by atoms with van der Waals surface area (Å²) in [6.07, 6.45) is -5.82. The second-order valence-corrected chi connectivity index (χ2v) is 6.87. The Bertz CT molecular complexity index is 481. The number of thiophene rings is 1. The van der Waals surface area contributed by atoms with Crippen molar-refractivity contribution in [3.63, 3.8) is 0 Å². The number of piperidine rings is 1. The minimum atomic E-state index is -4.58. The molecule has 0 spiro atoms. The van der Waals surface area contributed by atoms with E-state index in [4.69, 9.17) is 0 Å². The second-order valence-electron chi connectivity index (χ2n) is 5.83. The molecule has 1 aliphatic heterocycles. The van der Waals surface area contributed by atoms with Crippen LogP contribution in [0.2, 0.25) is 0 Å². The minimum Gasteiger partial charge on any atom is -0.383 e. The molecule has 3 nitrogen and oxygen atoms in total. The Morgan fingerprint density at radius 2 is 2.09 bits per heavy atom. The van der Waals surface area contributed by atoms with Gasteiger partial charge in [0.05, 0.1) is 0 Å². The average Bonchev–Trinajstić information content (AvgIpc) is 2.97. The molecule has 1 N–H and O–H groups in total. The number of likely N-dealkylation sites (tertiary alicyclic amines) is 1. The van der Waals surface area contributed by atoms with Gasteiger partial charge in [-0.1, -0.05) is 13.0 Å². The lowest BCUT2D eigenvalue weighted by Gasteiger charge is -2.35. The summed E-state index contributed by atoms with van der Waals surface area (Å²) in [7, 11) is 0. The molecule has 1 aromatic rings. The zero-order valence-corrected chi connectivity index (χ0v) is 13.2. The molecule has 1 fully saturated rings. The van der Waals surface area contributed by atoms with Crippen LogP contribution >= 0.6 is 11.3 Å². The topological polar surface area (TPSA) is 40.5 Å². The predicted octanol–water partition coefficient (Wildman–Crippen LogP) is 3.09. The van der Waals surface area contributed by atoms with Crippen LogP contribution in [0.15, 0.2) is 17.5 Å². The number of hydrogen-bond acceptors (Lipinski definition) is 3.